The lowest BCUT2D eigenvalue weighted by Gasteiger charge is -2.33. The van der Waals surface area contributed by atoms with E-state index in [1.807, 2.05) is 17.5 Å². The monoisotopic (exact) mass is 428 g/mol. The molecule has 3 heterocycles. The van der Waals surface area contributed by atoms with Crippen molar-refractivity contribution in [3.05, 3.63) is 23.2 Å². The number of anilines is 1. The first kappa shape index (κ1) is 21.6. The summed E-state index contributed by atoms with van der Waals surface area (Å²) in [6, 6.07) is 5.07. The van der Waals surface area contributed by atoms with E-state index in [4.69, 9.17) is 0 Å². The molecule has 30 heavy (non-hydrogen) atoms. The van der Waals surface area contributed by atoms with Crippen molar-refractivity contribution in [1.82, 2.24) is 15.2 Å². The van der Waals surface area contributed by atoms with Crippen molar-refractivity contribution in [2.75, 3.05) is 38.1 Å². The smallest absolute Gasteiger partial charge is 0.224 e. The van der Waals surface area contributed by atoms with Crippen LogP contribution in [0, 0.1) is 12.8 Å². The SMILES string of the molecule is Cc1cc2c(N3CCC[C@H](C(=O)NCCCN(C)C4CCCCC4)C3)nccc2s1. The third-order valence-corrected chi connectivity index (χ3v) is 7.84. The van der Waals surface area contributed by atoms with Crippen LogP contribution in [-0.2, 0) is 4.79 Å². The van der Waals surface area contributed by atoms with Crippen molar-refractivity contribution in [1.29, 1.82) is 0 Å². The number of carbonyl (C=O) groups is 1. The molecule has 2 aromatic heterocycles. The maximum atomic E-state index is 12.8. The number of amides is 1. The fourth-order valence-electron chi connectivity index (χ4n) is 5.10. The van der Waals surface area contributed by atoms with Gasteiger partial charge in [0, 0.05) is 46.8 Å². The fourth-order valence-corrected chi connectivity index (χ4v) is 6.01. The Balaban J connectivity index is 1.26. The molecule has 164 valence electrons. The minimum absolute atomic E-state index is 0.0617. The van der Waals surface area contributed by atoms with Gasteiger partial charge in [-0.25, -0.2) is 4.98 Å². The number of fused-ring (bicyclic) bond motifs is 1. The van der Waals surface area contributed by atoms with Crippen molar-refractivity contribution in [3.63, 3.8) is 0 Å². The first-order valence-electron chi connectivity index (χ1n) is 11.7. The van der Waals surface area contributed by atoms with Gasteiger partial charge in [0.1, 0.15) is 5.82 Å². The Kier molecular flexibility index (Phi) is 7.26. The molecule has 0 unspecified atom stereocenters. The van der Waals surface area contributed by atoms with Gasteiger partial charge in [-0.3, -0.25) is 4.79 Å². The van der Waals surface area contributed by atoms with Crippen LogP contribution in [0.1, 0.15) is 56.2 Å². The summed E-state index contributed by atoms with van der Waals surface area (Å²) in [5, 5.41) is 4.44. The van der Waals surface area contributed by atoms with Crippen LogP contribution in [0.3, 0.4) is 0 Å². The lowest BCUT2D eigenvalue weighted by molar-refractivity contribution is -0.125. The van der Waals surface area contributed by atoms with E-state index < -0.39 is 0 Å². The average molecular weight is 429 g/mol. The van der Waals surface area contributed by atoms with E-state index in [1.54, 1.807) is 0 Å². The minimum Gasteiger partial charge on any atom is -0.356 e. The predicted molar refractivity (Wildman–Crippen MR) is 126 cm³/mol. The number of carbonyl (C=O) groups excluding carboxylic acids is 1. The van der Waals surface area contributed by atoms with Crippen LogP contribution in [-0.4, -0.2) is 55.1 Å². The van der Waals surface area contributed by atoms with Crippen molar-refractivity contribution in [3.8, 4) is 0 Å². The Morgan fingerprint density at radius 2 is 2.10 bits per heavy atom. The van der Waals surface area contributed by atoms with Crippen LogP contribution < -0.4 is 10.2 Å². The van der Waals surface area contributed by atoms with Gasteiger partial charge in [0.05, 0.1) is 5.92 Å². The summed E-state index contributed by atoms with van der Waals surface area (Å²) < 4.78 is 1.28. The molecule has 6 heteroatoms. The molecule has 1 amide bonds. The quantitative estimate of drug-likeness (QED) is 0.655. The molecular formula is C24H36N4OS. The molecule has 2 aliphatic rings. The maximum absolute atomic E-state index is 12.8. The van der Waals surface area contributed by atoms with Crippen LogP contribution in [0.15, 0.2) is 18.3 Å². The molecule has 2 fully saturated rings. The molecule has 1 aliphatic heterocycles. The number of nitrogens with zero attached hydrogens (tertiary/aromatic N) is 3. The first-order valence-corrected chi connectivity index (χ1v) is 12.5. The van der Waals surface area contributed by atoms with E-state index in [0.717, 1.165) is 57.3 Å². The van der Waals surface area contributed by atoms with Crippen molar-refractivity contribution < 1.29 is 4.79 Å². The van der Waals surface area contributed by atoms with E-state index in [9.17, 15) is 4.79 Å². The highest BCUT2D eigenvalue weighted by atomic mass is 32.1. The van der Waals surface area contributed by atoms with Gasteiger partial charge in [0.15, 0.2) is 0 Å². The molecule has 1 saturated carbocycles. The molecule has 0 radical (unpaired) electrons. The van der Waals surface area contributed by atoms with Crippen LogP contribution in [0.5, 0.6) is 0 Å². The number of aryl methyl sites for hydroxylation is 1. The zero-order valence-electron chi connectivity index (χ0n) is 18.5. The Morgan fingerprint density at radius 3 is 2.93 bits per heavy atom. The Bertz CT molecular complexity index is 845. The summed E-state index contributed by atoms with van der Waals surface area (Å²) in [4.78, 5) is 23.6. The van der Waals surface area contributed by atoms with Gasteiger partial charge in [-0.15, -0.1) is 11.3 Å². The minimum atomic E-state index is 0.0617. The van der Waals surface area contributed by atoms with Gasteiger partial charge < -0.3 is 15.1 Å². The first-order chi connectivity index (χ1) is 14.6. The number of piperidine rings is 1. The third kappa shape index (κ3) is 5.14. The summed E-state index contributed by atoms with van der Waals surface area (Å²) in [7, 11) is 2.25. The van der Waals surface area contributed by atoms with Gasteiger partial charge in [0.25, 0.3) is 0 Å². The lowest BCUT2D eigenvalue weighted by Crippen LogP contribution is -2.44. The molecule has 1 aliphatic carbocycles. The number of nitrogens with one attached hydrogen (secondary N) is 1. The van der Waals surface area contributed by atoms with Gasteiger partial charge >= 0.3 is 0 Å². The second kappa shape index (κ2) is 10.1. The number of aromatic nitrogens is 1. The van der Waals surface area contributed by atoms with E-state index in [1.165, 1.54) is 47.1 Å². The Labute approximate surface area is 184 Å². The Hall–Kier alpha value is -1.66. The van der Waals surface area contributed by atoms with Crippen LogP contribution >= 0.6 is 11.3 Å². The summed E-state index contributed by atoms with van der Waals surface area (Å²) in [5.74, 6) is 1.32. The molecule has 4 rings (SSSR count). The number of hydrogen-bond acceptors (Lipinski definition) is 5. The summed E-state index contributed by atoms with van der Waals surface area (Å²) in [5.41, 5.74) is 0. The molecule has 5 nitrogen and oxygen atoms in total. The van der Waals surface area contributed by atoms with Gasteiger partial charge in [0.2, 0.25) is 5.91 Å². The summed E-state index contributed by atoms with van der Waals surface area (Å²) in [6.45, 7) is 5.76. The van der Waals surface area contributed by atoms with Crippen LogP contribution in [0.25, 0.3) is 10.1 Å². The highest BCUT2D eigenvalue weighted by Crippen LogP contribution is 2.33. The molecule has 2 aromatic rings. The maximum Gasteiger partial charge on any atom is 0.224 e. The highest BCUT2D eigenvalue weighted by molar-refractivity contribution is 7.19. The lowest BCUT2D eigenvalue weighted by atomic mass is 9.94. The van der Waals surface area contributed by atoms with Crippen molar-refractivity contribution >= 4 is 33.1 Å². The number of hydrogen-bond donors (Lipinski definition) is 1. The van der Waals surface area contributed by atoms with E-state index in [2.05, 4.69) is 46.2 Å². The van der Waals surface area contributed by atoms with E-state index in [0.29, 0.717) is 0 Å². The second-order valence-corrected chi connectivity index (χ2v) is 10.4. The molecule has 0 spiro atoms. The molecule has 1 saturated heterocycles. The molecule has 1 atom stereocenters. The number of rotatable bonds is 7. The van der Waals surface area contributed by atoms with Crippen LogP contribution in [0.2, 0.25) is 0 Å². The predicted octanol–water partition coefficient (Wildman–Crippen LogP) is 4.59. The van der Waals surface area contributed by atoms with Crippen molar-refractivity contribution in [2.24, 2.45) is 5.92 Å². The molecule has 1 N–H and O–H groups in total. The zero-order chi connectivity index (χ0) is 20.9. The van der Waals surface area contributed by atoms with Crippen LogP contribution in [0.4, 0.5) is 5.82 Å². The van der Waals surface area contributed by atoms with Gasteiger partial charge in [-0.1, -0.05) is 19.3 Å². The van der Waals surface area contributed by atoms with Gasteiger partial charge in [-0.2, -0.15) is 0 Å². The zero-order valence-corrected chi connectivity index (χ0v) is 19.3. The fraction of sp³-hybridized carbons (Fsp3) is 0.667. The van der Waals surface area contributed by atoms with E-state index in [-0.39, 0.29) is 11.8 Å². The molecule has 0 aromatic carbocycles. The van der Waals surface area contributed by atoms with Crippen molar-refractivity contribution in [2.45, 2.75) is 64.3 Å². The summed E-state index contributed by atoms with van der Waals surface area (Å²) in [6.07, 6.45) is 11.8. The third-order valence-electron chi connectivity index (χ3n) is 6.82. The van der Waals surface area contributed by atoms with E-state index >= 15 is 0 Å². The topological polar surface area (TPSA) is 48.5 Å². The normalized spacial score (nSPS) is 20.8. The number of thiophene rings is 1. The highest BCUT2D eigenvalue weighted by Gasteiger charge is 2.27. The average Bonchev–Trinajstić information content (AvgIpc) is 3.17. The summed E-state index contributed by atoms with van der Waals surface area (Å²) >= 11 is 1.81. The largest absolute Gasteiger partial charge is 0.356 e. The standard InChI is InChI=1S/C24H36N4OS/c1-18-16-21-22(30-18)11-13-25-23(21)28-15-6-8-19(17-28)24(29)26-12-7-14-27(2)20-9-4-3-5-10-20/h11,13,16,19-20H,3-10,12,14-15,17H2,1-2H3,(H,26,29)/t19-/m0/s1. The van der Waals surface area contributed by atoms with Gasteiger partial charge in [-0.05, 0) is 64.8 Å². The molecule has 0 bridgehead atoms. The number of pyridine rings is 1. The second-order valence-electron chi connectivity index (χ2n) is 9.11. The molecular weight excluding hydrogens is 392 g/mol. The Morgan fingerprint density at radius 1 is 1.27 bits per heavy atom.